The van der Waals surface area contributed by atoms with Crippen LogP contribution in [0.25, 0.3) is 0 Å². The zero-order valence-electron chi connectivity index (χ0n) is 9.97. The lowest BCUT2D eigenvalue weighted by molar-refractivity contribution is -0.137. The van der Waals surface area contributed by atoms with Crippen LogP contribution >= 0.6 is 0 Å². The Morgan fingerprint density at radius 2 is 2.12 bits per heavy atom. The highest BCUT2D eigenvalue weighted by Crippen LogP contribution is 2.33. The molecule has 0 saturated carbocycles. The molecule has 16 heavy (non-hydrogen) atoms. The smallest absolute Gasteiger partial charge is 0.303 e. The van der Waals surface area contributed by atoms with Crippen LogP contribution in [0.1, 0.15) is 54.6 Å². The molecule has 1 aliphatic carbocycles. The minimum Gasteiger partial charge on any atom is -0.481 e. The van der Waals surface area contributed by atoms with Gasteiger partial charge < -0.3 is 10.1 Å². The van der Waals surface area contributed by atoms with Crippen molar-refractivity contribution in [1.29, 1.82) is 0 Å². The van der Waals surface area contributed by atoms with Gasteiger partial charge in [-0.1, -0.05) is 6.92 Å². The Morgan fingerprint density at radius 1 is 1.44 bits per heavy atom. The second-order valence-electron chi connectivity index (χ2n) is 4.83. The number of aromatic nitrogens is 1. The number of rotatable bonds is 3. The minimum atomic E-state index is -0.711. The molecule has 0 aliphatic heterocycles. The fraction of sp³-hybridized carbons (Fsp3) is 0.615. The number of hydrogen-bond donors (Lipinski definition) is 2. The second-order valence-corrected chi connectivity index (χ2v) is 4.83. The Kier molecular flexibility index (Phi) is 3.03. The van der Waals surface area contributed by atoms with E-state index in [9.17, 15) is 4.79 Å². The Hall–Kier alpha value is -1.25. The van der Waals surface area contributed by atoms with Crippen LogP contribution in [0.4, 0.5) is 0 Å². The summed E-state index contributed by atoms with van der Waals surface area (Å²) in [7, 11) is 0. The normalized spacial score (nSPS) is 16.9. The first kappa shape index (κ1) is 11.2. The predicted octanol–water partition coefficient (Wildman–Crippen LogP) is 2.78. The number of hydrogen-bond acceptors (Lipinski definition) is 1. The molecule has 1 atom stereocenters. The third-order valence-electron chi connectivity index (χ3n) is 3.51. The van der Waals surface area contributed by atoms with Gasteiger partial charge >= 0.3 is 5.97 Å². The highest BCUT2D eigenvalue weighted by Gasteiger charge is 2.22. The number of nitrogens with one attached hydrogen (secondary N) is 1. The van der Waals surface area contributed by atoms with Crippen molar-refractivity contribution >= 4 is 5.97 Å². The number of carbonyl (C=O) groups is 1. The molecular weight excluding hydrogens is 202 g/mol. The van der Waals surface area contributed by atoms with Gasteiger partial charge in [0.1, 0.15) is 0 Å². The van der Waals surface area contributed by atoms with Crippen molar-refractivity contribution in [2.75, 3.05) is 0 Å². The first-order valence-corrected chi connectivity index (χ1v) is 6.01. The van der Waals surface area contributed by atoms with Crippen molar-refractivity contribution in [3.05, 3.63) is 22.5 Å². The Balaban J connectivity index is 2.32. The molecule has 1 heterocycles. The summed E-state index contributed by atoms with van der Waals surface area (Å²) in [5.74, 6) is -0.590. The molecule has 3 nitrogen and oxygen atoms in total. The van der Waals surface area contributed by atoms with E-state index in [-0.39, 0.29) is 12.3 Å². The molecule has 2 rings (SSSR count). The maximum absolute atomic E-state index is 10.8. The lowest BCUT2D eigenvalue weighted by atomic mass is 9.88. The molecule has 1 aliphatic rings. The lowest BCUT2D eigenvalue weighted by Crippen LogP contribution is -2.07. The van der Waals surface area contributed by atoms with Gasteiger partial charge in [0.05, 0.1) is 6.42 Å². The Morgan fingerprint density at radius 3 is 2.81 bits per heavy atom. The van der Waals surface area contributed by atoms with Gasteiger partial charge in [-0.15, -0.1) is 0 Å². The first-order valence-electron chi connectivity index (χ1n) is 6.01. The van der Waals surface area contributed by atoms with Crippen LogP contribution in [0.5, 0.6) is 0 Å². The van der Waals surface area contributed by atoms with Crippen molar-refractivity contribution in [2.24, 2.45) is 0 Å². The molecule has 0 fully saturated rings. The zero-order chi connectivity index (χ0) is 11.7. The van der Waals surface area contributed by atoms with Gasteiger partial charge in [0.25, 0.3) is 0 Å². The van der Waals surface area contributed by atoms with Crippen LogP contribution in [0.15, 0.2) is 0 Å². The minimum absolute atomic E-state index is 0.121. The summed E-state index contributed by atoms with van der Waals surface area (Å²) in [5.41, 5.74) is 5.17. The monoisotopic (exact) mass is 221 g/mol. The molecule has 3 heteroatoms. The SMILES string of the molecule is Cc1[nH]c2c(c1C(C)CC(=O)O)CCCC2. The largest absolute Gasteiger partial charge is 0.481 e. The molecule has 1 aromatic heterocycles. The van der Waals surface area contributed by atoms with Gasteiger partial charge in [-0.25, -0.2) is 0 Å². The number of carboxylic acid groups (broad SMARTS) is 1. The second kappa shape index (κ2) is 4.32. The van der Waals surface area contributed by atoms with Crippen molar-refractivity contribution in [3.8, 4) is 0 Å². The molecule has 1 unspecified atom stereocenters. The summed E-state index contributed by atoms with van der Waals surface area (Å²) < 4.78 is 0. The van der Waals surface area contributed by atoms with Gasteiger partial charge in [0.15, 0.2) is 0 Å². The van der Waals surface area contributed by atoms with Crippen LogP contribution < -0.4 is 0 Å². The van der Waals surface area contributed by atoms with Gasteiger partial charge in [0.2, 0.25) is 0 Å². The van der Waals surface area contributed by atoms with Gasteiger partial charge in [-0.05, 0) is 49.7 Å². The summed E-state index contributed by atoms with van der Waals surface area (Å²) >= 11 is 0. The number of carboxylic acids is 1. The summed E-state index contributed by atoms with van der Waals surface area (Å²) in [4.78, 5) is 14.2. The van der Waals surface area contributed by atoms with Crippen LogP contribution in [0.3, 0.4) is 0 Å². The lowest BCUT2D eigenvalue weighted by Gasteiger charge is -2.16. The maximum atomic E-state index is 10.8. The van der Waals surface area contributed by atoms with E-state index in [1.807, 2.05) is 6.92 Å². The Labute approximate surface area is 95.9 Å². The predicted molar refractivity (Wildman–Crippen MR) is 62.8 cm³/mol. The summed E-state index contributed by atoms with van der Waals surface area (Å²) in [5, 5.41) is 8.87. The van der Waals surface area contributed by atoms with E-state index in [1.165, 1.54) is 35.4 Å². The van der Waals surface area contributed by atoms with Crippen LogP contribution in [-0.2, 0) is 17.6 Å². The van der Waals surface area contributed by atoms with E-state index in [1.54, 1.807) is 0 Å². The molecule has 0 aromatic carbocycles. The highest BCUT2D eigenvalue weighted by molar-refractivity contribution is 5.68. The van der Waals surface area contributed by atoms with Crippen molar-refractivity contribution < 1.29 is 9.90 Å². The number of fused-ring (bicyclic) bond motifs is 1. The third-order valence-corrected chi connectivity index (χ3v) is 3.51. The fourth-order valence-corrected chi connectivity index (χ4v) is 2.89. The molecule has 88 valence electrons. The molecule has 0 spiro atoms. The summed E-state index contributed by atoms with van der Waals surface area (Å²) in [6.07, 6.45) is 4.94. The molecule has 0 bridgehead atoms. The van der Waals surface area contributed by atoms with Crippen LogP contribution in [0.2, 0.25) is 0 Å². The molecule has 0 saturated heterocycles. The van der Waals surface area contributed by atoms with Crippen molar-refractivity contribution in [1.82, 2.24) is 4.98 Å². The fourth-order valence-electron chi connectivity index (χ4n) is 2.89. The van der Waals surface area contributed by atoms with Crippen molar-refractivity contribution in [3.63, 3.8) is 0 Å². The van der Waals surface area contributed by atoms with Gasteiger partial charge in [0, 0.05) is 11.4 Å². The maximum Gasteiger partial charge on any atom is 0.303 e. The Bertz CT molecular complexity index is 406. The topological polar surface area (TPSA) is 53.1 Å². The number of H-pyrrole nitrogens is 1. The van der Waals surface area contributed by atoms with Gasteiger partial charge in [-0.3, -0.25) is 4.79 Å². The van der Waals surface area contributed by atoms with E-state index in [0.29, 0.717) is 0 Å². The molecule has 2 N–H and O–H groups in total. The van der Waals surface area contributed by atoms with Gasteiger partial charge in [-0.2, -0.15) is 0 Å². The average Bonchev–Trinajstić information content (AvgIpc) is 2.52. The van der Waals surface area contributed by atoms with E-state index in [2.05, 4.69) is 11.9 Å². The third kappa shape index (κ3) is 1.99. The molecular formula is C13H19NO2. The van der Waals surface area contributed by atoms with E-state index < -0.39 is 5.97 Å². The number of aryl methyl sites for hydroxylation is 2. The summed E-state index contributed by atoms with van der Waals surface area (Å²) in [6, 6.07) is 0. The first-order chi connectivity index (χ1) is 7.59. The molecule has 0 radical (unpaired) electrons. The molecule has 0 amide bonds. The quantitative estimate of drug-likeness (QED) is 0.824. The number of aliphatic carboxylic acids is 1. The average molecular weight is 221 g/mol. The number of aromatic amines is 1. The van der Waals surface area contributed by atoms with Crippen LogP contribution in [-0.4, -0.2) is 16.1 Å². The van der Waals surface area contributed by atoms with E-state index >= 15 is 0 Å². The molecule has 1 aromatic rings. The standard InChI is InChI=1S/C13H19NO2/c1-8(7-12(15)16)13-9(2)14-11-6-4-3-5-10(11)13/h8,14H,3-7H2,1-2H3,(H,15,16). The van der Waals surface area contributed by atoms with Crippen molar-refractivity contribution in [2.45, 2.75) is 51.9 Å². The van der Waals surface area contributed by atoms with E-state index in [4.69, 9.17) is 5.11 Å². The highest BCUT2D eigenvalue weighted by atomic mass is 16.4. The van der Waals surface area contributed by atoms with Crippen LogP contribution in [0, 0.1) is 6.92 Å². The zero-order valence-corrected chi connectivity index (χ0v) is 9.97. The van der Waals surface area contributed by atoms with E-state index in [0.717, 1.165) is 12.8 Å². The summed E-state index contributed by atoms with van der Waals surface area (Å²) in [6.45, 7) is 4.07.